The van der Waals surface area contributed by atoms with E-state index in [2.05, 4.69) is 10.4 Å². The molecule has 0 saturated heterocycles. The van der Waals surface area contributed by atoms with Crippen LogP contribution in [0.4, 0.5) is 0 Å². The standard InChI is InChI=1S/C19H18N4O4/c24-16(11-22-18(26)13-3-1-2-4-14(13)19(22)27)20-9-10-23-17(25)8-7-15(21-23)12-5-6-12/h1-4,7-8,12H,5-6,9-11H2,(H,20,24). The molecule has 0 radical (unpaired) electrons. The van der Waals surface area contributed by atoms with Gasteiger partial charge >= 0.3 is 0 Å². The van der Waals surface area contributed by atoms with Crippen LogP contribution in [0.1, 0.15) is 45.2 Å². The molecule has 4 rings (SSSR count). The van der Waals surface area contributed by atoms with E-state index in [-0.39, 0.29) is 25.2 Å². The topological polar surface area (TPSA) is 101 Å². The van der Waals surface area contributed by atoms with Crippen molar-refractivity contribution in [3.63, 3.8) is 0 Å². The van der Waals surface area contributed by atoms with Crippen LogP contribution in [0.15, 0.2) is 41.2 Å². The minimum atomic E-state index is -0.472. The molecule has 1 saturated carbocycles. The van der Waals surface area contributed by atoms with Gasteiger partial charge in [0.25, 0.3) is 17.4 Å². The molecule has 27 heavy (non-hydrogen) atoms. The molecule has 0 atom stereocenters. The first-order valence-electron chi connectivity index (χ1n) is 8.84. The van der Waals surface area contributed by atoms with Crippen LogP contribution in [0.5, 0.6) is 0 Å². The normalized spacial score (nSPS) is 15.8. The maximum atomic E-state index is 12.3. The van der Waals surface area contributed by atoms with Crippen molar-refractivity contribution in [3.05, 3.63) is 63.6 Å². The minimum absolute atomic E-state index is 0.184. The third kappa shape index (κ3) is 3.38. The number of carbonyl (C=O) groups excluding carboxylic acids is 3. The number of nitrogens with one attached hydrogen (secondary N) is 1. The molecule has 0 bridgehead atoms. The quantitative estimate of drug-likeness (QED) is 0.752. The van der Waals surface area contributed by atoms with Crippen molar-refractivity contribution in [1.82, 2.24) is 20.0 Å². The molecule has 0 spiro atoms. The molecule has 1 aliphatic heterocycles. The smallest absolute Gasteiger partial charge is 0.266 e. The van der Waals surface area contributed by atoms with Gasteiger partial charge in [-0.2, -0.15) is 5.10 Å². The van der Waals surface area contributed by atoms with E-state index in [1.165, 1.54) is 10.7 Å². The highest BCUT2D eigenvalue weighted by Gasteiger charge is 2.36. The Hall–Kier alpha value is -3.29. The van der Waals surface area contributed by atoms with Gasteiger partial charge < -0.3 is 5.32 Å². The van der Waals surface area contributed by atoms with Gasteiger partial charge in [-0.1, -0.05) is 12.1 Å². The second kappa shape index (κ2) is 6.79. The first kappa shape index (κ1) is 17.1. The minimum Gasteiger partial charge on any atom is -0.353 e. The first-order valence-corrected chi connectivity index (χ1v) is 8.84. The van der Waals surface area contributed by atoms with Crippen molar-refractivity contribution in [2.45, 2.75) is 25.3 Å². The van der Waals surface area contributed by atoms with E-state index in [0.29, 0.717) is 17.0 Å². The van der Waals surface area contributed by atoms with Crippen molar-refractivity contribution >= 4 is 17.7 Å². The van der Waals surface area contributed by atoms with E-state index in [4.69, 9.17) is 0 Å². The van der Waals surface area contributed by atoms with Gasteiger partial charge in [-0.15, -0.1) is 0 Å². The van der Waals surface area contributed by atoms with Crippen LogP contribution in [-0.4, -0.2) is 45.5 Å². The van der Waals surface area contributed by atoms with E-state index in [1.807, 2.05) is 0 Å². The number of carbonyl (C=O) groups is 3. The summed E-state index contributed by atoms with van der Waals surface area (Å²) >= 11 is 0. The van der Waals surface area contributed by atoms with Crippen LogP contribution in [0.3, 0.4) is 0 Å². The Morgan fingerprint density at radius 2 is 1.70 bits per heavy atom. The predicted molar refractivity (Wildman–Crippen MR) is 95.3 cm³/mol. The van der Waals surface area contributed by atoms with E-state index < -0.39 is 17.7 Å². The van der Waals surface area contributed by atoms with Gasteiger partial charge in [0.1, 0.15) is 6.54 Å². The van der Waals surface area contributed by atoms with Crippen molar-refractivity contribution in [1.29, 1.82) is 0 Å². The summed E-state index contributed by atoms with van der Waals surface area (Å²) in [5.74, 6) is -0.974. The van der Waals surface area contributed by atoms with Crippen molar-refractivity contribution < 1.29 is 14.4 Å². The summed E-state index contributed by atoms with van der Waals surface area (Å²) in [5, 5.41) is 6.95. The molecule has 8 heteroatoms. The Kier molecular flexibility index (Phi) is 4.31. The van der Waals surface area contributed by atoms with Crippen LogP contribution in [0, 0.1) is 0 Å². The Bertz CT molecular complexity index is 958. The zero-order chi connectivity index (χ0) is 19.0. The summed E-state index contributed by atoms with van der Waals surface area (Å²) in [5.41, 5.74) is 1.28. The number of benzene rings is 1. The molecular formula is C19H18N4O4. The van der Waals surface area contributed by atoms with E-state index in [1.54, 1.807) is 30.3 Å². The summed E-state index contributed by atoms with van der Waals surface area (Å²) in [6, 6.07) is 9.72. The van der Waals surface area contributed by atoms with Gasteiger partial charge in [0.05, 0.1) is 23.4 Å². The molecule has 138 valence electrons. The number of rotatable bonds is 6. The molecular weight excluding hydrogens is 348 g/mol. The fourth-order valence-corrected chi connectivity index (χ4v) is 3.11. The molecule has 1 aliphatic carbocycles. The van der Waals surface area contributed by atoms with Crippen molar-refractivity contribution in [3.8, 4) is 0 Å². The largest absolute Gasteiger partial charge is 0.353 e. The lowest BCUT2D eigenvalue weighted by molar-refractivity contribution is -0.121. The molecule has 2 heterocycles. The summed E-state index contributed by atoms with van der Waals surface area (Å²) in [6.45, 7) is 0.0626. The third-order valence-corrected chi connectivity index (χ3v) is 4.71. The molecule has 1 aromatic carbocycles. The van der Waals surface area contributed by atoms with Crippen molar-refractivity contribution in [2.24, 2.45) is 0 Å². The van der Waals surface area contributed by atoms with Gasteiger partial charge in [-0.25, -0.2) is 4.68 Å². The average molecular weight is 366 g/mol. The Balaban J connectivity index is 1.33. The van der Waals surface area contributed by atoms with Gasteiger partial charge in [0.15, 0.2) is 0 Å². The molecule has 1 fully saturated rings. The van der Waals surface area contributed by atoms with E-state index >= 15 is 0 Å². The van der Waals surface area contributed by atoms with Gasteiger partial charge in [0.2, 0.25) is 5.91 Å². The molecule has 3 amide bonds. The van der Waals surface area contributed by atoms with E-state index in [9.17, 15) is 19.2 Å². The zero-order valence-corrected chi connectivity index (χ0v) is 14.6. The lowest BCUT2D eigenvalue weighted by atomic mass is 10.1. The Morgan fingerprint density at radius 3 is 2.33 bits per heavy atom. The number of imide groups is 1. The SMILES string of the molecule is O=C(CN1C(=O)c2ccccc2C1=O)NCCn1nc(C2CC2)ccc1=O. The highest BCUT2D eigenvalue weighted by molar-refractivity contribution is 6.22. The molecule has 2 aliphatic rings. The predicted octanol–water partition coefficient (Wildman–Crippen LogP) is 0.533. The fraction of sp³-hybridized carbons (Fsp3) is 0.316. The number of nitrogens with zero attached hydrogens (tertiary/aromatic N) is 3. The summed E-state index contributed by atoms with van der Waals surface area (Å²) in [7, 11) is 0. The molecule has 0 unspecified atom stereocenters. The van der Waals surface area contributed by atoms with Gasteiger partial charge in [-0.3, -0.25) is 24.1 Å². The number of fused-ring (bicyclic) bond motifs is 1. The third-order valence-electron chi connectivity index (χ3n) is 4.71. The number of aromatic nitrogens is 2. The number of amides is 3. The maximum Gasteiger partial charge on any atom is 0.266 e. The summed E-state index contributed by atoms with van der Waals surface area (Å²) in [4.78, 5) is 49.5. The van der Waals surface area contributed by atoms with Crippen LogP contribution in [-0.2, 0) is 11.3 Å². The Labute approximate surface area is 154 Å². The lowest BCUT2D eigenvalue weighted by Crippen LogP contribution is -2.41. The Morgan fingerprint density at radius 1 is 1.04 bits per heavy atom. The van der Waals surface area contributed by atoms with Crippen LogP contribution in [0.25, 0.3) is 0 Å². The molecule has 8 nitrogen and oxygen atoms in total. The highest BCUT2D eigenvalue weighted by Crippen LogP contribution is 2.38. The van der Waals surface area contributed by atoms with Crippen LogP contribution in [0.2, 0.25) is 0 Å². The highest BCUT2D eigenvalue weighted by atomic mass is 16.2. The second-order valence-corrected chi connectivity index (χ2v) is 6.69. The number of hydrogen-bond donors (Lipinski definition) is 1. The van der Waals surface area contributed by atoms with Crippen molar-refractivity contribution in [2.75, 3.05) is 13.1 Å². The summed E-state index contributed by atoms with van der Waals surface area (Å²) < 4.78 is 1.33. The van der Waals surface area contributed by atoms with Gasteiger partial charge in [-0.05, 0) is 31.0 Å². The molecule has 1 aromatic heterocycles. The average Bonchev–Trinajstić information content (AvgIpc) is 3.48. The molecule has 1 N–H and O–H groups in total. The zero-order valence-electron chi connectivity index (χ0n) is 14.6. The van der Waals surface area contributed by atoms with Crippen LogP contribution < -0.4 is 10.9 Å². The number of hydrogen-bond acceptors (Lipinski definition) is 5. The second-order valence-electron chi connectivity index (χ2n) is 6.69. The van der Waals surface area contributed by atoms with Crippen LogP contribution >= 0.6 is 0 Å². The first-order chi connectivity index (χ1) is 13.0. The fourth-order valence-electron chi connectivity index (χ4n) is 3.11. The maximum absolute atomic E-state index is 12.3. The summed E-state index contributed by atoms with van der Waals surface area (Å²) in [6.07, 6.45) is 2.17. The molecule has 2 aromatic rings. The van der Waals surface area contributed by atoms with E-state index in [0.717, 1.165) is 23.4 Å². The monoisotopic (exact) mass is 366 g/mol. The lowest BCUT2D eigenvalue weighted by Gasteiger charge is -2.14. The van der Waals surface area contributed by atoms with Gasteiger partial charge in [0, 0.05) is 18.5 Å².